The Morgan fingerprint density at radius 1 is 1.15 bits per heavy atom. The van der Waals surface area contributed by atoms with Gasteiger partial charge in [-0.15, -0.1) is 0 Å². The number of anilines is 1. The topological polar surface area (TPSA) is 63.7 Å². The van der Waals surface area contributed by atoms with Crippen LogP contribution in [-0.2, 0) is 14.3 Å². The summed E-state index contributed by atoms with van der Waals surface area (Å²) < 4.78 is 18.0. The summed E-state index contributed by atoms with van der Waals surface area (Å²) >= 11 is 0. The van der Waals surface area contributed by atoms with E-state index < -0.39 is 30.1 Å². The van der Waals surface area contributed by atoms with Gasteiger partial charge in [-0.25, -0.2) is 4.39 Å². The van der Waals surface area contributed by atoms with Crippen molar-refractivity contribution in [1.82, 2.24) is 0 Å². The molecule has 6 heteroatoms. The third-order valence-corrected chi connectivity index (χ3v) is 4.84. The number of rotatable bonds is 5. The number of esters is 1. The number of hydrogen-bond acceptors (Lipinski definition) is 4. The van der Waals surface area contributed by atoms with Gasteiger partial charge in [0.25, 0.3) is 0 Å². The molecule has 1 aliphatic heterocycles. The van der Waals surface area contributed by atoms with Crippen LogP contribution in [0.5, 0.6) is 0 Å². The highest BCUT2D eigenvalue weighted by molar-refractivity contribution is 6.01. The molecule has 1 saturated heterocycles. The first kappa shape index (κ1) is 18.8. The van der Waals surface area contributed by atoms with Crippen LogP contribution < -0.4 is 4.90 Å². The Morgan fingerprint density at radius 3 is 2.56 bits per heavy atom. The van der Waals surface area contributed by atoms with Crippen LogP contribution in [0.1, 0.15) is 27.9 Å². The predicted octanol–water partition coefficient (Wildman–Crippen LogP) is 3.22. The molecule has 0 aliphatic carbocycles. The van der Waals surface area contributed by atoms with E-state index in [0.717, 1.165) is 16.8 Å². The summed E-state index contributed by atoms with van der Waals surface area (Å²) in [6, 6.07) is 10.7. The van der Waals surface area contributed by atoms with Gasteiger partial charge in [0.15, 0.2) is 12.4 Å². The molecule has 2 aromatic carbocycles. The van der Waals surface area contributed by atoms with Crippen molar-refractivity contribution in [3.05, 3.63) is 65.0 Å². The number of hydrogen-bond donors (Lipinski definition) is 0. The molecule has 2 aromatic rings. The molecular formula is C21H20FNO4. The number of nitrogens with zero attached hydrogens (tertiary/aromatic N) is 1. The molecule has 0 radical (unpaired) electrons. The minimum Gasteiger partial charge on any atom is -0.457 e. The molecular weight excluding hydrogens is 349 g/mol. The fraction of sp³-hybridized carbons (Fsp3) is 0.286. The zero-order valence-electron chi connectivity index (χ0n) is 15.2. The fourth-order valence-electron chi connectivity index (χ4n) is 3.10. The smallest absolute Gasteiger partial charge is 0.311 e. The van der Waals surface area contributed by atoms with Crippen LogP contribution in [0.3, 0.4) is 0 Å². The number of aryl methyl sites for hydroxylation is 1. The number of Topliss-reactive ketones (excluding diaryl/α,β-unsaturated/α-hetero) is 1. The molecule has 3 rings (SSSR count). The van der Waals surface area contributed by atoms with E-state index in [1.165, 1.54) is 24.3 Å². The lowest BCUT2D eigenvalue weighted by molar-refractivity contribution is -0.147. The Kier molecular flexibility index (Phi) is 5.35. The molecule has 0 unspecified atom stereocenters. The van der Waals surface area contributed by atoms with Gasteiger partial charge >= 0.3 is 5.97 Å². The van der Waals surface area contributed by atoms with Gasteiger partial charge in [0, 0.05) is 24.2 Å². The van der Waals surface area contributed by atoms with Crippen LogP contribution in [-0.4, -0.2) is 30.8 Å². The summed E-state index contributed by atoms with van der Waals surface area (Å²) in [6.07, 6.45) is 0.0525. The first-order chi connectivity index (χ1) is 12.9. The summed E-state index contributed by atoms with van der Waals surface area (Å²) in [5, 5.41) is 0. The van der Waals surface area contributed by atoms with E-state index in [1.54, 1.807) is 4.90 Å². The standard InChI is InChI=1S/C21H20FNO4/c1-13-4-3-5-18(14(13)2)23-11-16(10-20(23)25)21(26)27-12-19(24)15-6-8-17(22)9-7-15/h3-9,16H,10-12H2,1-2H3/t16-/m0/s1. The van der Waals surface area contributed by atoms with Gasteiger partial charge in [0.1, 0.15) is 5.82 Å². The highest BCUT2D eigenvalue weighted by Gasteiger charge is 2.37. The molecule has 1 fully saturated rings. The third-order valence-electron chi connectivity index (χ3n) is 4.84. The molecule has 1 amide bonds. The van der Waals surface area contributed by atoms with Crippen molar-refractivity contribution in [1.29, 1.82) is 0 Å². The van der Waals surface area contributed by atoms with E-state index in [1.807, 2.05) is 32.0 Å². The second-order valence-corrected chi connectivity index (χ2v) is 6.66. The first-order valence-corrected chi connectivity index (χ1v) is 8.69. The number of ether oxygens (including phenoxy) is 1. The van der Waals surface area contributed by atoms with Crippen molar-refractivity contribution < 1.29 is 23.5 Å². The highest BCUT2D eigenvalue weighted by atomic mass is 19.1. The Balaban J connectivity index is 1.61. The van der Waals surface area contributed by atoms with Crippen molar-refractivity contribution in [3.8, 4) is 0 Å². The molecule has 0 spiro atoms. The van der Waals surface area contributed by atoms with Crippen LogP contribution in [0.4, 0.5) is 10.1 Å². The predicted molar refractivity (Wildman–Crippen MR) is 98.1 cm³/mol. The average Bonchev–Trinajstić information content (AvgIpc) is 3.04. The van der Waals surface area contributed by atoms with Crippen molar-refractivity contribution in [2.75, 3.05) is 18.1 Å². The number of carbonyl (C=O) groups excluding carboxylic acids is 3. The van der Waals surface area contributed by atoms with Gasteiger partial charge in [-0.05, 0) is 55.3 Å². The summed E-state index contributed by atoms with van der Waals surface area (Å²) in [6.45, 7) is 3.70. The quantitative estimate of drug-likeness (QED) is 0.600. The molecule has 1 atom stereocenters. The number of amides is 1. The Bertz CT molecular complexity index is 892. The van der Waals surface area contributed by atoms with Crippen molar-refractivity contribution >= 4 is 23.3 Å². The van der Waals surface area contributed by atoms with E-state index in [4.69, 9.17) is 4.74 Å². The van der Waals surface area contributed by atoms with Gasteiger partial charge in [0.2, 0.25) is 5.91 Å². The molecule has 1 aliphatic rings. The zero-order chi connectivity index (χ0) is 19.6. The minimum atomic E-state index is -0.613. The lowest BCUT2D eigenvalue weighted by Gasteiger charge is -2.20. The number of ketones is 1. The van der Waals surface area contributed by atoms with Gasteiger partial charge in [-0.1, -0.05) is 12.1 Å². The largest absolute Gasteiger partial charge is 0.457 e. The lowest BCUT2D eigenvalue weighted by atomic mass is 10.1. The van der Waals surface area contributed by atoms with Crippen LogP contribution in [0.25, 0.3) is 0 Å². The molecule has 27 heavy (non-hydrogen) atoms. The number of halogens is 1. The lowest BCUT2D eigenvalue weighted by Crippen LogP contribution is -2.27. The maximum atomic E-state index is 12.9. The molecule has 0 saturated carbocycles. The van der Waals surface area contributed by atoms with E-state index in [-0.39, 0.29) is 24.4 Å². The number of carbonyl (C=O) groups is 3. The third kappa shape index (κ3) is 4.05. The second-order valence-electron chi connectivity index (χ2n) is 6.66. The minimum absolute atomic E-state index is 0.0525. The van der Waals surface area contributed by atoms with E-state index >= 15 is 0 Å². The molecule has 1 heterocycles. The van der Waals surface area contributed by atoms with Crippen molar-refractivity contribution in [3.63, 3.8) is 0 Å². The van der Waals surface area contributed by atoms with Gasteiger partial charge < -0.3 is 9.64 Å². The first-order valence-electron chi connectivity index (χ1n) is 8.69. The Hall–Kier alpha value is -3.02. The van der Waals surface area contributed by atoms with Crippen molar-refractivity contribution in [2.24, 2.45) is 5.92 Å². The molecule has 0 bridgehead atoms. The van der Waals surface area contributed by atoms with Gasteiger partial charge in [-0.3, -0.25) is 14.4 Å². The SMILES string of the molecule is Cc1cccc(N2C[C@@H](C(=O)OCC(=O)c3ccc(F)cc3)CC2=O)c1C. The molecule has 0 N–H and O–H groups in total. The normalized spacial score (nSPS) is 16.5. The molecule has 140 valence electrons. The zero-order valence-corrected chi connectivity index (χ0v) is 15.2. The summed E-state index contributed by atoms with van der Waals surface area (Å²) in [7, 11) is 0. The molecule has 5 nitrogen and oxygen atoms in total. The van der Waals surface area contributed by atoms with E-state index in [2.05, 4.69) is 0 Å². The van der Waals surface area contributed by atoms with E-state index in [0.29, 0.717) is 0 Å². The van der Waals surface area contributed by atoms with Crippen LogP contribution in [0, 0.1) is 25.6 Å². The highest BCUT2D eigenvalue weighted by Crippen LogP contribution is 2.29. The monoisotopic (exact) mass is 369 g/mol. The second kappa shape index (κ2) is 7.70. The van der Waals surface area contributed by atoms with Crippen LogP contribution >= 0.6 is 0 Å². The maximum absolute atomic E-state index is 12.9. The Labute approximate surface area is 156 Å². The average molecular weight is 369 g/mol. The summed E-state index contributed by atoms with van der Waals surface area (Å²) in [5.74, 6) is -2.20. The van der Waals surface area contributed by atoms with Gasteiger partial charge in [-0.2, -0.15) is 0 Å². The van der Waals surface area contributed by atoms with Crippen LogP contribution in [0.15, 0.2) is 42.5 Å². The summed E-state index contributed by atoms with van der Waals surface area (Å²) in [5.41, 5.74) is 3.11. The molecule has 0 aromatic heterocycles. The van der Waals surface area contributed by atoms with Crippen LogP contribution in [0.2, 0.25) is 0 Å². The fourth-order valence-corrected chi connectivity index (χ4v) is 3.10. The summed E-state index contributed by atoms with van der Waals surface area (Å²) in [4.78, 5) is 38.3. The van der Waals surface area contributed by atoms with Crippen molar-refractivity contribution in [2.45, 2.75) is 20.3 Å². The van der Waals surface area contributed by atoms with E-state index in [9.17, 15) is 18.8 Å². The number of benzene rings is 2. The Morgan fingerprint density at radius 2 is 1.85 bits per heavy atom. The van der Waals surface area contributed by atoms with Gasteiger partial charge in [0.05, 0.1) is 5.92 Å². The maximum Gasteiger partial charge on any atom is 0.311 e.